The molecule has 0 rings (SSSR count). The number of aliphatic hydroxyl groups excluding tert-OH is 1. The molecule has 92 valence electrons. The number of nitrogens with two attached hydrogens (primary N) is 1. The molecule has 0 radical (unpaired) electrons. The Kier molecular flexibility index (Phi) is 11.6. The molecule has 0 bridgehead atoms. The molecular formula is C10H23ClN2O2. The maximum absolute atomic E-state index is 11.7. The van der Waals surface area contributed by atoms with Crippen LogP contribution in [-0.2, 0) is 4.79 Å². The highest BCUT2D eigenvalue weighted by atomic mass is 35.5. The van der Waals surface area contributed by atoms with E-state index in [2.05, 4.69) is 6.92 Å². The summed E-state index contributed by atoms with van der Waals surface area (Å²) in [6.07, 6.45) is 2.76. The first-order chi connectivity index (χ1) is 6.67. The fraction of sp³-hybridized carbons (Fsp3) is 0.900. The summed E-state index contributed by atoms with van der Waals surface area (Å²) >= 11 is 0. The monoisotopic (exact) mass is 238 g/mol. The van der Waals surface area contributed by atoms with Crippen molar-refractivity contribution in [3.8, 4) is 0 Å². The predicted molar refractivity (Wildman–Crippen MR) is 64.1 cm³/mol. The number of carbonyl (C=O) groups is 1. The molecule has 0 aromatic rings. The van der Waals surface area contributed by atoms with Crippen LogP contribution in [0, 0.1) is 0 Å². The number of likely N-dealkylation sites (N-methyl/N-ethyl adjacent to an activating group) is 1. The van der Waals surface area contributed by atoms with Gasteiger partial charge in [0.25, 0.3) is 0 Å². The summed E-state index contributed by atoms with van der Waals surface area (Å²) in [4.78, 5) is 13.3. The summed E-state index contributed by atoms with van der Waals surface area (Å²) < 4.78 is 0. The van der Waals surface area contributed by atoms with Crippen molar-refractivity contribution in [3.05, 3.63) is 0 Å². The summed E-state index contributed by atoms with van der Waals surface area (Å²) in [6.45, 7) is 4.96. The average molecular weight is 239 g/mol. The van der Waals surface area contributed by atoms with Gasteiger partial charge in [-0.15, -0.1) is 12.4 Å². The Morgan fingerprint density at radius 1 is 1.47 bits per heavy atom. The molecule has 1 unspecified atom stereocenters. The molecule has 0 aliphatic carbocycles. The second kappa shape index (κ2) is 10.2. The molecule has 3 N–H and O–H groups in total. The van der Waals surface area contributed by atoms with Crippen molar-refractivity contribution < 1.29 is 9.90 Å². The number of nitrogens with zero attached hydrogens (tertiary/aromatic N) is 1. The van der Waals surface area contributed by atoms with Crippen LogP contribution in [0.25, 0.3) is 0 Å². The van der Waals surface area contributed by atoms with Gasteiger partial charge >= 0.3 is 0 Å². The Hall–Kier alpha value is -0.320. The van der Waals surface area contributed by atoms with Crippen LogP contribution in [0.5, 0.6) is 0 Å². The second-order valence-corrected chi connectivity index (χ2v) is 3.39. The number of unbranched alkanes of at least 4 members (excludes halogenated alkanes) is 1. The van der Waals surface area contributed by atoms with Gasteiger partial charge in [0, 0.05) is 13.1 Å². The normalized spacial score (nSPS) is 11.7. The van der Waals surface area contributed by atoms with Gasteiger partial charge in [0.05, 0.1) is 12.6 Å². The van der Waals surface area contributed by atoms with Crippen LogP contribution in [0.4, 0.5) is 0 Å². The largest absolute Gasteiger partial charge is 0.395 e. The third kappa shape index (κ3) is 6.71. The molecule has 0 aliphatic rings. The van der Waals surface area contributed by atoms with Gasteiger partial charge in [-0.1, -0.05) is 19.8 Å². The number of aliphatic hydroxyl groups is 1. The lowest BCUT2D eigenvalue weighted by atomic mass is 10.1. The summed E-state index contributed by atoms with van der Waals surface area (Å²) in [5.41, 5.74) is 5.74. The number of hydrogen-bond acceptors (Lipinski definition) is 3. The molecule has 0 aromatic carbocycles. The molecule has 0 saturated heterocycles. The summed E-state index contributed by atoms with van der Waals surface area (Å²) in [6, 6.07) is -0.401. The molecule has 0 aliphatic heterocycles. The van der Waals surface area contributed by atoms with Crippen LogP contribution in [0.2, 0.25) is 0 Å². The Morgan fingerprint density at radius 3 is 2.47 bits per heavy atom. The van der Waals surface area contributed by atoms with Crippen LogP contribution >= 0.6 is 12.4 Å². The van der Waals surface area contributed by atoms with Crippen molar-refractivity contribution in [2.75, 3.05) is 19.7 Å². The fourth-order valence-corrected chi connectivity index (χ4v) is 1.33. The molecule has 0 spiro atoms. The third-order valence-corrected chi connectivity index (χ3v) is 2.25. The summed E-state index contributed by atoms with van der Waals surface area (Å²) in [5, 5.41) is 8.74. The van der Waals surface area contributed by atoms with E-state index in [1.54, 1.807) is 4.90 Å². The van der Waals surface area contributed by atoms with Gasteiger partial charge in [-0.05, 0) is 13.3 Å². The maximum Gasteiger partial charge on any atom is 0.239 e. The van der Waals surface area contributed by atoms with Crippen molar-refractivity contribution >= 4 is 18.3 Å². The van der Waals surface area contributed by atoms with Crippen LogP contribution in [0.15, 0.2) is 0 Å². The zero-order valence-corrected chi connectivity index (χ0v) is 10.4. The number of hydrogen-bond donors (Lipinski definition) is 2. The highest BCUT2D eigenvalue weighted by Gasteiger charge is 2.18. The number of halogens is 1. The van der Waals surface area contributed by atoms with E-state index in [1.165, 1.54) is 0 Å². The Labute approximate surface area is 98.2 Å². The van der Waals surface area contributed by atoms with Gasteiger partial charge < -0.3 is 15.7 Å². The van der Waals surface area contributed by atoms with Gasteiger partial charge in [0.2, 0.25) is 5.91 Å². The smallest absolute Gasteiger partial charge is 0.239 e. The van der Waals surface area contributed by atoms with Crippen molar-refractivity contribution in [2.45, 2.75) is 39.2 Å². The Morgan fingerprint density at radius 2 is 2.07 bits per heavy atom. The number of carbonyl (C=O) groups excluding carboxylic acids is 1. The van der Waals surface area contributed by atoms with Crippen molar-refractivity contribution in [1.29, 1.82) is 0 Å². The molecule has 0 saturated carbocycles. The molecule has 0 heterocycles. The van der Waals surface area contributed by atoms with Crippen LogP contribution < -0.4 is 5.73 Å². The lowest BCUT2D eigenvalue weighted by molar-refractivity contribution is -0.133. The summed E-state index contributed by atoms with van der Waals surface area (Å²) in [5.74, 6) is -0.0463. The van der Waals surface area contributed by atoms with E-state index < -0.39 is 6.04 Å². The molecule has 0 fully saturated rings. The van der Waals surface area contributed by atoms with E-state index in [1.807, 2.05) is 6.92 Å². The zero-order valence-electron chi connectivity index (χ0n) is 9.61. The van der Waals surface area contributed by atoms with E-state index in [9.17, 15) is 4.79 Å². The van der Waals surface area contributed by atoms with E-state index in [0.29, 0.717) is 13.1 Å². The number of rotatable bonds is 7. The first-order valence-corrected chi connectivity index (χ1v) is 5.32. The van der Waals surface area contributed by atoms with Crippen molar-refractivity contribution in [1.82, 2.24) is 4.90 Å². The molecule has 4 nitrogen and oxygen atoms in total. The lowest BCUT2D eigenvalue weighted by Gasteiger charge is -2.23. The quantitative estimate of drug-likeness (QED) is 0.689. The highest BCUT2D eigenvalue weighted by Crippen LogP contribution is 2.02. The topological polar surface area (TPSA) is 66.6 Å². The maximum atomic E-state index is 11.7. The first kappa shape index (κ1) is 17.1. The molecule has 1 atom stereocenters. The molecular weight excluding hydrogens is 216 g/mol. The van der Waals surface area contributed by atoms with Gasteiger partial charge in [0.15, 0.2) is 0 Å². The van der Waals surface area contributed by atoms with Crippen LogP contribution in [0.3, 0.4) is 0 Å². The van der Waals surface area contributed by atoms with Gasteiger partial charge in [-0.25, -0.2) is 0 Å². The molecule has 5 heteroatoms. The molecule has 0 aromatic heterocycles. The Balaban J connectivity index is 0. The van der Waals surface area contributed by atoms with Gasteiger partial charge in [0.1, 0.15) is 0 Å². The summed E-state index contributed by atoms with van der Waals surface area (Å²) in [7, 11) is 0. The SMILES string of the molecule is CCCCC(N)C(=O)N(CC)CCO.Cl. The predicted octanol–water partition coefficient (Wildman–Crippen LogP) is 0.766. The average Bonchev–Trinajstić information content (AvgIpc) is 2.21. The van der Waals surface area contributed by atoms with Crippen molar-refractivity contribution in [3.63, 3.8) is 0 Å². The minimum absolute atomic E-state index is 0. The first-order valence-electron chi connectivity index (χ1n) is 5.32. The highest BCUT2D eigenvalue weighted by molar-refractivity contribution is 5.85. The fourth-order valence-electron chi connectivity index (χ4n) is 1.33. The third-order valence-electron chi connectivity index (χ3n) is 2.25. The molecule has 15 heavy (non-hydrogen) atoms. The lowest BCUT2D eigenvalue weighted by Crippen LogP contribution is -2.44. The zero-order chi connectivity index (χ0) is 11.0. The standard InChI is InChI=1S/C10H22N2O2.ClH/c1-3-5-6-9(11)10(14)12(4-2)7-8-13;/h9,13H,3-8,11H2,1-2H3;1H. The van der Waals surface area contributed by atoms with E-state index in [0.717, 1.165) is 19.3 Å². The minimum Gasteiger partial charge on any atom is -0.395 e. The second-order valence-electron chi connectivity index (χ2n) is 3.39. The molecule has 1 amide bonds. The van der Waals surface area contributed by atoms with Crippen LogP contribution in [-0.4, -0.2) is 41.7 Å². The number of amides is 1. The van der Waals surface area contributed by atoms with E-state index in [4.69, 9.17) is 10.8 Å². The Bertz CT molecular complexity index is 168. The van der Waals surface area contributed by atoms with Gasteiger partial charge in [-0.3, -0.25) is 4.79 Å². The van der Waals surface area contributed by atoms with Crippen molar-refractivity contribution in [2.24, 2.45) is 5.73 Å². The van der Waals surface area contributed by atoms with Gasteiger partial charge in [-0.2, -0.15) is 0 Å². The minimum atomic E-state index is -0.401. The van der Waals surface area contributed by atoms with Crippen LogP contribution in [0.1, 0.15) is 33.1 Å². The van der Waals surface area contributed by atoms with E-state index >= 15 is 0 Å². The van der Waals surface area contributed by atoms with E-state index in [-0.39, 0.29) is 24.9 Å².